The number of pyridine rings is 1. The molecule has 0 atom stereocenters. The zero-order valence-electron chi connectivity index (χ0n) is 20.9. The molecule has 2 rings (SSSR count). The summed E-state index contributed by atoms with van der Waals surface area (Å²) in [5.74, 6) is 0. The Labute approximate surface area is 202 Å². The van der Waals surface area contributed by atoms with Gasteiger partial charge in [0.1, 0.15) is 0 Å². The van der Waals surface area contributed by atoms with Crippen LogP contribution < -0.4 is 5.32 Å². The number of hydrogen-bond donors (Lipinski definition) is 1. The van der Waals surface area contributed by atoms with Crippen LogP contribution in [0, 0.1) is 0 Å². The second-order valence-corrected chi connectivity index (χ2v) is 10.9. The lowest BCUT2D eigenvalue weighted by Gasteiger charge is -2.23. The van der Waals surface area contributed by atoms with E-state index in [1.165, 1.54) is 25.7 Å². The van der Waals surface area contributed by atoms with E-state index in [4.69, 9.17) is 0 Å². The molecule has 33 heavy (non-hydrogen) atoms. The Balaban J connectivity index is 1.88. The lowest BCUT2D eigenvalue weighted by atomic mass is 10.1. The van der Waals surface area contributed by atoms with Gasteiger partial charge in [0.25, 0.3) is 0 Å². The van der Waals surface area contributed by atoms with Gasteiger partial charge < -0.3 is 5.32 Å². The van der Waals surface area contributed by atoms with Crippen molar-refractivity contribution in [3.05, 3.63) is 36.7 Å². The summed E-state index contributed by atoms with van der Waals surface area (Å²) in [5.41, 5.74) is 0. The van der Waals surface area contributed by atoms with E-state index >= 15 is 0 Å². The minimum atomic E-state index is -3.53. The van der Waals surface area contributed by atoms with Gasteiger partial charge >= 0.3 is 0 Å². The molecule has 0 aliphatic rings. The monoisotopic (exact) mass is 475 g/mol. The maximum atomic E-state index is 13.6. The van der Waals surface area contributed by atoms with Gasteiger partial charge in [-0.1, -0.05) is 77.3 Å². The molecule has 1 N–H and O–H groups in total. The zero-order valence-corrected chi connectivity index (χ0v) is 21.7. The maximum Gasteiger partial charge on any atom is 0.243 e. The van der Waals surface area contributed by atoms with Crippen LogP contribution in [0.15, 0.2) is 41.6 Å². The molecule has 6 heteroatoms. The molecule has 0 unspecified atom stereocenters. The average Bonchev–Trinajstić information content (AvgIpc) is 2.83. The first kappa shape index (κ1) is 27.7. The van der Waals surface area contributed by atoms with Gasteiger partial charge in [-0.25, -0.2) is 8.42 Å². The second kappa shape index (κ2) is 16.2. The topological polar surface area (TPSA) is 62.3 Å². The summed E-state index contributed by atoms with van der Waals surface area (Å²) < 4.78 is 29.0. The second-order valence-electron chi connectivity index (χ2n) is 9.04. The third kappa shape index (κ3) is 9.71. The first-order valence-electron chi connectivity index (χ1n) is 13.1. The molecule has 2 aromatic rings. The van der Waals surface area contributed by atoms with Crippen molar-refractivity contribution in [2.45, 2.75) is 95.8 Å². The van der Waals surface area contributed by atoms with Crippen molar-refractivity contribution in [3.63, 3.8) is 0 Å². The minimum absolute atomic E-state index is 0.408. The van der Waals surface area contributed by atoms with Crippen molar-refractivity contribution in [3.8, 4) is 0 Å². The highest BCUT2D eigenvalue weighted by atomic mass is 32.2. The Morgan fingerprint density at radius 3 is 2.06 bits per heavy atom. The summed E-state index contributed by atoms with van der Waals surface area (Å²) in [5, 5.41) is 5.16. The van der Waals surface area contributed by atoms with Crippen LogP contribution in [0.25, 0.3) is 10.8 Å². The fourth-order valence-corrected chi connectivity index (χ4v) is 5.95. The molecule has 186 valence electrons. The van der Waals surface area contributed by atoms with E-state index in [0.29, 0.717) is 18.0 Å². The number of fused-ring (bicyclic) bond motifs is 1. The number of aromatic nitrogens is 1. The summed E-state index contributed by atoms with van der Waals surface area (Å²) in [6.07, 6.45) is 17.2. The van der Waals surface area contributed by atoms with Crippen LogP contribution in [-0.4, -0.2) is 43.9 Å². The van der Waals surface area contributed by atoms with Crippen molar-refractivity contribution in [1.29, 1.82) is 0 Å². The molecule has 1 aromatic heterocycles. The highest BCUT2D eigenvalue weighted by Gasteiger charge is 2.25. The van der Waals surface area contributed by atoms with Gasteiger partial charge in [0, 0.05) is 36.3 Å². The third-order valence-electron chi connectivity index (χ3n) is 6.24. The fourth-order valence-electron chi connectivity index (χ4n) is 4.22. The predicted octanol–water partition coefficient (Wildman–Crippen LogP) is 6.54. The molecule has 0 radical (unpaired) electrons. The van der Waals surface area contributed by atoms with Crippen LogP contribution in [0.5, 0.6) is 0 Å². The van der Waals surface area contributed by atoms with Crippen LogP contribution in [-0.2, 0) is 10.0 Å². The van der Waals surface area contributed by atoms with E-state index in [9.17, 15) is 8.42 Å². The summed E-state index contributed by atoms with van der Waals surface area (Å²) in [4.78, 5) is 4.55. The Hall–Kier alpha value is -1.50. The van der Waals surface area contributed by atoms with Gasteiger partial charge in [-0.2, -0.15) is 4.31 Å². The first-order valence-corrected chi connectivity index (χ1v) is 14.6. The van der Waals surface area contributed by atoms with E-state index in [1.54, 1.807) is 22.8 Å². The highest BCUT2D eigenvalue weighted by molar-refractivity contribution is 7.89. The third-order valence-corrected chi connectivity index (χ3v) is 8.19. The molecule has 1 aromatic carbocycles. The van der Waals surface area contributed by atoms with E-state index in [2.05, 4.69) is 24.1 Å². The quantitative estimate of drug-likeness (QED) is 0.234. The highest BCUT2D eigenvalue weighted by Crippen LogP contribution is 2.26. The molecule has 0 fully saturated rings. The predicted molar refractivity (Wildman–Crippen MR) is 140 cm³/mol. The number of benzene rings is 1. The maximum absolute atomic E-state index is 13.6. The normalized spacial score (nSPS) is 12.1. The molecule has 0 saturated heterocycles. The van der Waals surface area contributed by atoms with Crippen molar-refractivity contribution in [2.24, 2.45) is 0 Å². The van der Waals surface area contributed by atoms with Gasteiger partial charge in [0.05, 0.1) is 4.90 Å². The molecule has 0 saturated carbocycles. The standard InChI is InChI=1S/C27H45N3O2S/c1-3-5-7-11-19-28-20-12-9-10-14-23-30(22-13-8-6-4-2)33(31,32)27-17-15-16-25-24-29-21-18-26(25)27/h15-18,21,24,28H,3-14,19-20,22-23H2,1-2H3. The number of hydrogen-bond acceptors (Lipinski definition) is 4. The lowest BCUT2D eigenvalue weighted by molar-refractivity contribution is 0.385. The van der Waals surface area contributed by atoms with Crippen molar-refractivity contribution in [1.82, 2.24) is 14.6 Å². The smallest absolute Gasteiger partial charge is 0.243 e. The average molecular weight is 476 g/mol. The van der Waals surface area contributed by atoms with Gasteiger partial charge in [-0.15, -0.1) is 0 Å². The molecule has 1 heterocycles. The molecule has 0 bridgehead atoms. The van der Waals surface area contributed by atoms with Gasteiger partial charge in [-0.3, -0.25) is 4.98 Å². The number of nitrogens with zero attached hydrogens (tertiary/aromatic N) is 2. The van der Waals surface area contributed by atoms with Crippen LogP contribution in [0.4, 0.5) is 0 Å². The molecule has 0 spiro atoms. The minimum Gasteiger partial charge on any atom is -0.317 e. The van der Waals surface area contributed by atoms with Gasteiger partial charge in [0.15, 0.2) is 0 Å². The Bertz CT molecular complexity index is 881. The largest absolute Gasteiger partial charge is 0.317 e. The van der Waals surface area contributed by atoms with E-state index in [-0.39, 0.29) is 0 Å². The summed E-state index contributed by atoms with van der Waals surface area (Å²) in [7, 11) is -3.53. The van der Waals surface area contributed by atoms with Crippen molar-refractivity contribution < 1.29 is 8.42 Å². The summed E-state index contributed by atoms with van der Waals surface area (Å²) in [6.45, 7) is 7.80. The van der Waals surface area contributed by atoms with Gasteiger partial charge in [-0.05, 0) is 50.9 Å². The van der Waals surface area contributed by atoms with Crippen molar-refractivity contribution >= 4 is 20.8 Å². The number of rotatable bonds is 19. The Kier molecular flexibility index (Phi) is 13.6. The fraction of sp³-hybridized carbons (Fsp3) is 0.667. The number of sulfonamides is 1. The number of nitrogens with one attached hydrogen (secondary N) is 1. The number of unbranched alkanes of at least 4 members (excludes halogenated alkanes) is 9. The molecular weight excluding hydrogens is 430 g/mol. The molecule has 0 amide bonds. The zero-order chi connectivity index (χ0) is 23.8. The van der Waals surface area contributed by atoms with Gasteiger partial charge in [0.2, 0.25) is 10.0 Å². The van der Waals surface area contributed by atoms with E-state index < -0.39 is 10.0 Å². The van der Waals surface area contributed by atoms with E-state index in [0.717, 1.165) is 75.2 Å². The summed E-state index contributed by atoms with van der Waals surface area (Å²) in [6, 6.07) is 7.29. The van der Waals surface area contributed by atoms with Crippen LogP contribution in [0.3, 0.4) is 0 Å². The van der Waals surface area contributed by atoms with E-state index in [1.807, 2.05) is 18.2 Å². The Morgan fingerprint density at radius 2 is 1.39 bits per heavy atom. The summed E-state index contributed by atoms with van der Waals surface area (Å²) >= 11 is 0. The SMILES string of the molecule is CCCCCCNCCCCCCN(CCCCCC)S(=O)(=O)c1cccc2cnccc12. The van der Waals surface area contributed by atoms with Crippen LogP contribution in [0.1, 0.15) is 90.9 Å². The lowest BCUT2D eigenvalue weighted by Crippen LogP contribution is -2.33. The van der Waals surface area contributed by atoms with Crippen LogP contribution in [0.2, 0.25) is 0 Å². The molecule has 0 aliphatic heterocycles. The first-order chi connectivity index (χ1) is 16.1. The molecular formula is C27H45N3O2S. The van der Waals surface area contributed by atoms with Crippen LogP contribution >= 0.6 is 0 Å². The Morgan fingerprint density at radius 1 is 0.788 bits per heavy atom. The molecule has 0 aliphatic carbocycles. The van der Waals surface area contributed by atoms with Crippen molar-refractivity contribution in [2.75, 3.05) is 26.2 Å². The molecule has 5 nitrogen and oxygen atoms in total.